The van der Waals surface area contributed by atoms with Gasteiger partial charge in [0.15, 0.2) is 0 Å². The summed E-state index contributed by atoms with van der Waals surface area (Å²) >= 11 is 5.97. The van der Waals surface area contributed by atoms with Crippen LogP contribution in [0.1, 0.15) is 5.56 Å². The molecule has 21 heavy (non-hydrogen) atoms. The van der Waals surface area contributed by atoms with Crippen LogP contribution in [0, 0.1) is 0 Å². The van der Waals surface area contributed by atoms with E-state index in [0.29, 0.717) is 30.4 Å². The van der Waals surface area contributed by atoms with Crippen LogP contribution in [0.2, 0.25) is 5.02 Å². The van der Waals surface area contributed by atoms with E-state index in [4.69, 9.17) is 21.1 Å². The van der Waals surface area contributed by atoms with E-state index in [2.05, 4.69) is 0 Å². The van der Waals surface area contributed by atoms with E-state index in [-0.39, 0.29) is 25.2 Å². The maximum Gasteiger partial charge on any atom is 0.253 e. The van der Waals surface area contributed by atoms with Gasteiger partial charge in [-0.15, -0.1) is 0 Å². The Bertz CT molecular complexity index is 587. The fraction of sp³-hybridized carbons (Fsp3) is 0.400. The zero-order chi connectivity index (χ0) is 14.8. The summed E-state index contributed by atoms with van der Waals surface area (Å²) in [6.07, 6.45) is 1.80. The fourth-order valence-electron chi connectivity index (χ4n) is 2.53. The lowest BCUT2D eigenvalue weighted by atomic mass is 10.1. The summed E-state index contributed by atoms with van der Waals surface area (Å²) in [7, 11) is 0. The normalized spacial score (nSPS) is 21.3. The number of carbonyl (C=O) groups is 1. The lowest BCUT2D eigenvalue weighted by molar-refractivity contribution is -0.137. The molecule has 2 heterocycles. The first-order valence-corrected chi connectivity index (χ1v) is 7.19. The Hall–Kier alpha value is -1.56. The topological polar surface area (TPSA) is 59.0 Å². The quantitative estimate of drug-likeness (QED) is 0.895. The molecule has 5 nitrogen and oxygen atoms in total. The Morgan fingerprint density at radius 3 is 3.14 bits per heavy atom. The van der Waals surface area contributed by atoms with Gasteiger partial charge in [0.1, 0.15) is 12.4 Å². The maximum absolute atomic E-state index is 12.6. The van der Waals surface area contributed by atoms with Crippen LogP contribution in [0.5, 0.6) is 5.75 Å². The minimum Gasteiger partial charge on any atom is -0.488 e. The van der Waals surface area contributed by atoms with Crippen molar-refractivity contribution in [3.8, 4) is 5.75 Å². The third kappa shape index (κ3) is 2.90. The number of aliphatic hydroxyl groups is 1. The second kappa shape index (κ2) is 6.05. The number of amides is 1. The highest BCUT2D eigenvalue weighted by Gasteiger charge is 2.30. The van der Waals surface area contributed by atoms with Gasteiger partial charge in [-0.25, -0.2) is 0 Å². The molecule has 0 aromatic heterocycles. The molecule has 6 heteroatoms. The van der Waals surface area contributed by atoms with Crippen molar-refractivity contribution >= 4 is 23.6 Å². The monoisotopic (exact) mass is 309 g/mol. The molecule has 1 amide bonds. The van der Waals surface area contributed by atoms with Crippen molar-refractivity contribution < 1.29 is 19.4 Å². The van der Waals surface area contributed by atoms with Gasteiger partial charge in [0.2, 0.25) is 0 Å². The molecule has 1 saturated heterocycles. The van der Waals surface area contributed by atoms with Crippen molar-refractivity contribution in [2.75, 3.05) is 33.0 Å². The van der Waals surface area contributed by atoms with Gasteiger partial charge in [0, 0.05) is 17.1 Å². The van der Waals surface area contributed by atoms with Crippen molar-refractivity contribution in [1.29, 1.82) is 0 Å². The van der Waals surface area contributed by atoms with Crippen LogP contribution in [0.15, 0.2) is 23.8 Å². The molecular weight excluding hydrogens is 294 g/mol. The minimum absolute atomic E-state index is 0.109. The Labute approximate surface area is 127 Å². The summed E-state index contributed by atoms with van der Waals surface area (Å²) in [5, 5.41) is 9.96. The van der Waals surface area contributed by atoms with Crippen LogP contribution in [0.3, 0.4) is 0 Å². The summed E-state index contributed by atoms with van der Waals surface area (Å²) in [4.78, 5) is 14.2. The lowest BCUT2D eigenvalue weighted by Crippen LogP contribution is -2.51. The van der Waals surface area contributed by atoms with Crippen LogP contribution in [0.25, 0.3) is 6.08 Å². The Morgan fingerprint density at radius 1 is 1.48 bits per heavy atom. The third-order valence-electron chi connectivity index (χ3n) is 3.66. The minimum atomic E-state index is -0.298. The number of aliphatic hydroxyl groups excluding tert-OH is 1. The standard InChI is InChI=1S/C15H16ClNO4/c16-12-1-2-14-10(6-12)5-11(8-21-14)15(19)17-3-4-20-9-13(17)7-18/h1-2,5-6,13,18H,3-4,7-9H2. The number of ether oxygens (including phenoxy) is 2. The molecule has 1 unspecified atom stereocenters. The van der Waals surface area contributed by atoms with Gasteiger partial charge in [-0.05, 0) is 24.3 Å². The van der Waals surface area contributed by atoms with Crippen molar-refractivity contribution in [1.82, 2.24) is 4.90 Å². The van der Waals surface area contributed by atoms with E-state index in [1.54, 1.807) is 29.2 Å². The molecule has 1 aromatic carbocycles. The Kier molecular flexibility index (Phi) is 4.14. The van der Waals surface area contributed by atoms with Crippen molar-refractivity contribution in [3.05, 3.63) is 34.4 Å². The van der Waals surface area contributed by atoms with E-state index < -0.39 is 0 Å². The highest BCUT2D eigenvalue weighted by Crippen LogP contribution is 2.29. The van der Waals surface area contributed by atoms with E-state index in [0.717, 1.165) is 11.3 Å². The average molecular weight is 310 g/mol. The van der Waals surface area contributed by atoms with Crippen molar-refractivity contribution in [3.63, 3.8) is 0 Å². The van der Waals surface area contributed by atoms with E-state index in [1.807, 2.05) is 0 Å². The van der Waals surface area contributed by atoms with Gasteiger partial charge >= 0.3 is 0 Å². The van der Waals surface area contributed by atoms with Crippen LogP contribution >= 0.6 is 11.6 Å². The molecule has 1 fully saturated rings. The second-order valence-corrected chi connectivity index (χ2v) is 5.49. The molecule has 0 bridgehead atoms. The predicted molar refractivity (Wildman–Crippen MR) is 78.3 cm³/mol. The number of carbonyl (C=O) groups excluding carboxylic acids is 1. The zero-order valence-corrected chi connectivity index (χ0v) is 12.2. The first kappa shape index (κ1) is 14.4. The average Bonchev–Trinajstić information content (AvgIpc) is 2.53. The Morgan fingerprint density at radius 2 is 2.33 bits per heavy atom. The smallest absolute Gasteiger partial charge is 0.253 e. The summed E-state index contributed by atoms with van der Waals surface area (Å²) in [6.45, 7) is 1.44. The van der Waals surface area contributed by atoms with Gasteiger partial charge in [0.25, 0.3) is 5.91 Å². The fourth-order valence-corrected chi connectivity index (χ4v) is 2.71. The van der Waals surface area contributed by atoms with E-state index in [1.165, 1.54) is 0 Å². The van der Waals surface area contributed by atoms with E-state index >= 15 is 0 Å². The summed E-state index contributed by atoms with van der Waals surface area (Å²) in [5.74, 6) is 0.597. The van der Waals surface area contributed by atoms with Crippen molar-refractivity contribution in [2.45, 2.75) is 6.04 Å². The number of hydrogen-bond donors (Lipinski definition) is 1. The van der Waals surface area contributed by atoms with Crippen LogP contribution < -0.4 is 4.74 Å². The first-order chi connectivity index (χ1) is 10.2. The molecule has 112 valence electrons. The number of nitrogens with zero attached hydrogens (tertiary/aromatic N) is 1. The van der Waals surface area contributed by atoms with Crippen LogP contribution in [-0.2, 0) is 9.53 Å². The molecule has 1 N–H and O–H groups in total. The summed E-state index contributed by atoms with van der Waals surface area (Å²) < 4.78 is 10.9. The van der Waals surface area contributed by atoms with Crippen LogP contribution in [0.4, 0.5) is 0 Å². The SMILES string of the molecule is O=C(C1=Cc2cc(Cl)ccc2OC1)N1CCOCC1CO. The van der Waals surface area contributed by atoms with Gasteiger partial charge in [-0.2, -0.15) is 0 Å². The molecule has 0 aliphatic carbocycles. The van der Waals surface area contributed by atoms with E-state index in [9.17, 15) is 9.90 Å². The van der Waals surface area contributed by atoms with Crippen molar-refractivity contribution in [2.24, 2.45) is 0 Å². The molecule has 0 spiro atoms. The summed E-state index contributed by atoms with van der Waals surface area (Å²) in [5.41, 5.74) is 1.36. The zero-order valence-electron chi connectivity index (χ0n) is 11.4. The highest BCUT2D eigenvalue weighted by atomic mass is 35.5. The molecule has 0 saturated carbocycles. The Balaban J connectivity index is 1.85. The molecule has 0 radical (unpaired) electrons. The predicted octanol–water partition coefficient (Wildman–Crippen LogP) is 1.34. The molecular formula is C15H16ClNO4. The molecule has 2 aliphatic rings. The first-order valence-electron chi connectivity index (χ1n) is 6.81. The lowest BCUT2D eigenvalue weighted by Gasteiger charge is -2.35. The second-order valence-electron chi connectivity index (χ2n) is 5.05. The third-order valence-corrected chi connectivity index (χ3v) is 3.89. The molecule has 1 atom stereocenters. The number of halogens is 1. The highest BCUT2D eigenvalue weighted by molar-refractivity contribution is 6.30. The number of fused-ring (bicyclic) bond motifs is 1. The number of rotatable bonds is 2. The molecule has 1 aromatic rings. The molecule has 2 aliphatic heterocycles. The number of benzene rings is 1. The maximum atomic E-state index is 12.6. The van der Waals surface area contributed by atoms with Crippen LogP contribution in [-0.4, -0.2) is 54.9 Å². The number of morpholine rings is 1. The van der Waals surface area contributed by atoms with Gasteiger partial charge in [-0.3, -0.25) is 4.79 Å². The van der Waals surface area contributed by atoms with Gasteiger partial charge < -0.3 is 19.5 Å². The summed E-state index contributed by atoms with van der Waals surface area (Å²) in [6, 6.07) is 5.02. The van der Waals surface area contributed by atoms with Gasteiger partial charge in [0.05, 0.1) is 31.4 Å². The van der Waals surface area contributed by atoms with Gasteiger partial charge in [-0.1, -0.05) is 11.6 Å². The molecule has 3 rings (SSSR count). The number of hydrogen-bond acceptors (Lipinski definition) is 4. The largest absolute Gasteiger partial charge is 0.488 e.